The molecule has 2 aromatic heterocycles. The van der Waals surface area contributed by atoms with Gasteiger partial charge in [0.25, 0.3) is 5.78 Å². The predicted octanol–water partition coefficient (Wildman–Crippen LogP) is 1.26. The zero-order valence-electron chi connectivity index (χ0n) is 9.42. The molecule has 6 nitrogen and oxygen atoms in total. The number of carboxylic acid groups (broad SMARTS) is 1. The summed E-state index contributed by atoms with van der Waals surface area (Å²) in [5, 5.41) is 13.5. The molecule has 0 spiro atoms. The van der Waals surface area contributed by atoms with E-state index in [2.05, 4.69) is 15.1 Å². The summed E-state index contributed by atoms with van der Waals surface area (Å²) in [4.78, 5) is 19.5. The molecule has 0 atom stereocenters. The summed E-state index contributed by atoms with van der Waals surface area (Å²) in [7, 11) is 0. The maximum absolute atomic E-state index is 11.1. The third-order valence-electron chi connectivity index (χ3n) is 2.99. The smallest absolute Gasteiger partial charge is 0.339 e. The third-order valence-corrected chi connectivity index (χ3v) is 2.99. The molecule has 1 aliphatic carbocycles. The van der Waals surface area contributed by atoms with E-state index in [-0.39, 0.29) is 5.56 Å². The van der Waals surface area contributed by atoms with Gasteiger partial charge >= 0.3 is 5.97 Å². The Morgan fingerprint density at radius 3 is 2.94 bits per heavy atom. The summed E-state index contributed by atoms with van der Waals surface area (Å²) in [5.74, 6) is 0.748. The second kappa shape index (κ2) is 3.51. The molecule has 0 unspecified atom stereocenters. The van der Waals surface area contributed by atoms with Crippen LogP contribution in [0.25, 0.3) is 5.78 Å². The lowest BCUT2D eigenvalue weighted by Gasteiger charge is -2.03. The minimum atomic E-state index is -0.972. The summed E-state index contributed by atoms with van der Waals surface area (Å²) in [6.45, 7) is 1.90. The van der Waals surface area contributed by atoms with Crippen LogP contribution >= 0.6 is 0 Å². The second-order valence-corrected chi connectivity index (χ2v) is 4.23. The Balaban J connectivity index is 2.23. The number of aromatic nitrogens is 4. The monoisotopic (exact) mass is 232 g/mol. The molecule has 0 saturated heterocycles. The molecule has 2 heterocycles. The van der Waals surface area contributed by atoms with E-state index < -0.39 is 5.97 Å². The molecule has 0 radical (unpaired) electrons. The van der Waals surface area contributed by atoms with Crippen molar-refractivity contribution in [3.05, 3.63) is 23.3 Å². The van der Waals surface area contributed by atoms with Gasteiger partial charge in [-0.1, -0.05) is 6.92 Å². The number of aryl methyl sites for hydroxylation is 1. The van der Waals surface area contributed by atoms with Crippen molar-refractivity contribution in [1.29, 1.82) is 0 Å². The number of hydrogen-bond donors (Lipinski definition) is 1. The van der Waals surface area contributed by atoms with Gasteiger partial charge in [0.2, 0.25) is 0 Å². The van der Waals surface area contributed by atoms with Crippen LogP contribution in [0.1, 0.15) is 47.6 Å². The van der Waals surface area contributed by atoms with Crippen LogP contribution in [-0.2, 0) is 6.42 Å². The molecule has 1 aliphatic rings. The van der Waals surface area contributed by atoms with E-state index in [9.17, 15) is 4.79 Å². The average Bonchev–Trinajstić information content (AvgIpc) is 3.07. The first-order chi connectivity index (χ1) is 8.20. The fourth-order valence-electron chi connectivity index (χ4n) is 1.93. The van der Waals surface area contributed by atoms with Crippen LogP contribution in [0.15, 0.2) is 6.20 Å². The first-order valence-corrected chi connectivity index (χ1v) is 5.68. The fourth-order valence-corrected chi connectivity index (χ4v) is 1.93. The molecule has 0 bridgehead atoms. The highest BCUT2D eigenvalue weighted by Crippen LogP contribution is 2.38. The highest BCUT2D eigenvalue weighted by molar-refractivity contribution is 5.88. The molecule has 1 saturated carbocycles. The van der Waals surface area contributed by atoms with Crippen LogP contribution < -0.4 is 0 Å². The van der Waals surface area contributed by atoms with Gasteiger partial charge in [-0.05, 0) is 19.3 Å². The second-order valence-electron chi connectivity index (χ2n) is 4.23. The minimum absolute atomic E-state index is 0.201. The van der Waals surface area contributed by atoms with Crippen LogP contribution in [0.3, 0.4) is 0 Å². The Morgan fingerprint density at radius 1 is 1.59 bits per heavy atom. The lowest BCUT2D eigenvalue weighted by atomic mass is 10.2. The van der Waals surface area contributed by atoms with Crippen molar-refractivity contribution in [3.63, 3.8) is 0 Å². The van der Waals surface area contributed by atoms with Gasteiger partial charge in [-0.2, -0.15) is 4.98 Å². The fraction of sp³-hybridized carbons (Fsp3) is 0.455. The number of carboxylic acids is 1. The Kier molecular flexibility index (Phi) is 2.10. The maximum atomic E-state index is 11.1. The zero-order valence-corrected chi connectivity index (χ0v) is 9.42. The van der Waals surface area contributed by atoms with E-state index in [0.29, 0.717) is 23.8 Å². The standard InChI is InChI=1S/C11H12N4O2/c1-2-8-7(10(16)17)5-12-11-13-9(6-3-4-6)14-15(8)11/h5-6H,2-4H2,1H3,(H,16,17). The molecule has 2 aromatic rings. The number of fused-ring (bicyclic) bond motifs is 1. The van der Waals surface area contributed by atoms with Gasteiger partial charge in [0.05, 0.1) is 11.3 Å². The van der Waals surface area contributed by atoms with Crippen molar-refractivity contribution < 1.29 is 9.90 Å². The largest absolute Gasteiger partial charge is 0.478 e. The highest BCUT2D eigenvalue weighted by Gasteiger charge is 2.29. The van der Waals surface area contributed by atoms with Gasteiger partial charge in [0.1, 0.15) is 0 Å². The molecule has 0 amide bonds. The molecule has 1 fully saturated rings. The Labute approximate surface area is 97.3 Å². The van der Waals surface area contributed by atoms with Gasteiger partial charge in [-0.15, -0.1) is 5.10 Å². The summed E-state index contributed by atoms with van der Waals surface area (Å²) in [6, 6.07) is 0. The van der Waals surface area contributed by atoms with Crippen molar-refractivity contribution in [3.8, 4) is 0 Å². The van der Waals surface area contributed by atoms with Crippen LogP contribution in [0.2, 0.25) is 0 Å². The van der Waals surface area contributed by atoms with E-state index in [1.54, 1.807) is 4.52 Å². The van der Waals surface area contributed by atoms with Gasteiger partial charge in [0, 0.05) is 12.1 Å². The van der Waals surface area contributed by atoms with Crippen molar-refractivity contribution in [2.45, 2.75) is 32.1 Å². The number of hydrogen-bond acceptors (Lipinski definition) is 4. The highest BCUT2D eigenvalue weighted by atomic mass is 16.4. The Morgan fingerprint density at radius 2 is 2.35 bits per heavy atom. The molecular weight excluding hydrogens is 220 g/mol. The van der Waals surface area contributed by atoms with Crippen LogP contribution in [-0.4, -0.2) is 30.7 Å². The van der Waals surface area contributed by atoms with Crippen molar-refractivity contribution >= 4 is 11.7 Å². The van der Waals surface area contributed by atoms with Gasteiger partial charge in [0.15, 0.2) is 5.82 Å². The summed E-state index contributed by atoms with van der Waals surface area (Å²) < 4.78 is 1.57. The number of carbonyl (C=O) groups is 1. The van der Waals surface area contributed by atoms with Gasteiger partial charge in [-0.25, -0.2) is 14.3 Å². The van der Waals surface area contributed by atoms with Gasteiger partial charge in [-0.3, -0.25) is 0 Å². The number of nitrogens with zero attached hydrogens (tertiary/aromatic N) is 4. The Bertz CT molecular complexity index is 601. The number of aromatic carboxylic acids is 1. The summed E-state index contributed by atoms with van der Waals surface area (Å²) in [6.07, 6.45) is 4.18. The molecule has 3 rings (SSSR count). The zero-order chi connectivity index (χ0) is 12.0. The minimum Gasteiger partial charge on any atom is -0.478 e. The molecule has 0 aromatic carbocycles. The van der Waals surface area contributed by atoms with E-state index in [1.807, 2.05) is 6.92 Å². The van der Waals surface area contributed by atoms with E-state index >= 15 is 0 Å². The Hall–Kier alpha value is -1.98. The first kappa shape index (κ1) is 10.2. The van der Waals surface area contributed by atoms with Crippen LogP contribution in [0.4, 0.5) is 0 Å². The van der Waals surface area contributed by atoms with Crippen LogP contribution in [0, 0.1) is 0 Å². The van der Waals surface area contributed by atoms with E-state index in [0.717, 1.165) is 18.7 Å². The van der Waals surface area contributed by atoms with E-state index in [4.69, 9.17) is 5.11 Å². The lowest BCUT2D eigenvalue weighted by molar-refractivity contribution is 0.0694. The number of rotatable bonds is 3. The predicted molar refractivity (Wildman–Crippen MR) is 59.1 cm³/mol. The topological polar surface area (TPSA) is 80.4 Å². The summed E-state index contributed by atoms with van der Waals surface area (Å²) >= 11 is 0. The lowest BCUT2D eigenvalue weighted by Crippen LogP contribution is -2.09. The SMILES string of the molecule is CCc1c(C(=O)O)cnc2nc(C3CC3)nn12. The molecule has 6 heteroatoms. The summed E-state index contributed by atoms with van der Waals surface area (Å²) in [5.41, 5.74) is 0.856. The quantitative estimate of drug-likeness (QED) is 0.861. The molecule has 17 heavy (non-hydrogen) atoms. The molecule has 1 N–H and O–H groups in total. The van der Waals surface area contributed by atoms with Crippen molar-refractivity contribution in [1.82, 2.24) is 19.6 Å². The average molecular weight is 232 g/mol. The van der Waals surface area contributed by atoms with E-state index in [1.165, 1.54) is 6.20 Å². The van der Waals surface area contributed by atoms with Crippen molar-refractivity contribution in [2.24, 2.45) is 0 Å². The molecule has 88 valence electrons. The first-order valence-electron chi connectivity index (χ1n) is 5.68. The van der Waals surface area contributed by atoms with Crippen molar-refractivity contribution in [2.75, 3.05) is 0 Å². The van der Waals surface area contributed by atoms with Gasteiger partial charge < -0.3 is 5.11 Å². The maximum Gasteiger partial charge on any atom is 0.339 e. The van der Waals surface area contributed by atoms with Crippen LogP contribution in [0.5, 0.6) is 0 Å². The molecule has 0 aliphatic heterocycles. The third kappa shape index (κ3) is 1.56. The molecular formula is C11H12N4O2. The normalized spacial score (nSPS) is 15.4.